The number of furan rings is 1. The van der Waals surface area contributed by atoms with Gasteiger partial charge in [-0.1, -0.05) is 30.0 Å². The lowest BCUT2D eigenvalue weighted by Gasteiger charge is -2.05. The van der Waals surface area contributed by atoms with Crippen LogP contribution in [-0.4, -0.2) is 32.3 Å². The molecule has 0 N–H and O–H groups in total. The number of benzene rings is 1. The molecule has 0 atom stereocenters. The summed E-state index contributed by atoms with van der Waals surface area (Å²) in [5.74, 6) is 1.05. The molecule has 0 saturated heterocycles. The Morgan fingerprint density at radius 2 is 1.96 bits per heavy atom. The Labute approximate surface area is 165 Å². The molecular weight excluding hydrogens is 376 g/mol. The minimum atomic E-state index is -0.454. The van der Waals surface area contributed by atoms with Crippen LogP contribution in [0.5, 0.6) is 0 Å². The maximum absolute atomic E-state index is 12.3. The zero-order chi connectivity index (χ0) is 19.5. The highest BCUT2D eigenvalue weighted by molar-refractivity contribution is 7.98. The van der Waals surface area contributed by atoms with Gasteiger partial charge in [0.05, 0.1) is 6.61 Å². The number of thioether (sulfide) groups is 1. The number of carbonyl (C=O) groups is 1. The number of aromatic nitrogens is 4. The van der Waals surface area contributed by atoms with E-state index in [2.05, 4.69) is 15.2 Å². The Morgan fingerprint density at radius 1 is 1.18 bits per heavy atom. The first kappa shape index (κ1) is 18.2. The predicted molar refractivity (Wildman–Crippen MR) is 106 cm³/mol. The highest BCUT2D eigenvalue weighted by atomic mass is 32.2. The van der Waals surface area contributed by atoms with Crippen molar-refractivity contribution in [2.24, 2.45) is 7.05 Å². The number of rotatable bonds is 6. The monoisotopic (exact) mass is 394 g/mol. The fraction of sp³-hybridized carbons (Fsp3) is 0.200. The van der Waals surface area contributed by atoms with E-state index in [0.717, 1.165) is 27.5 Å². The zero-order valence-electron chi connectivity index (χ0n) is 15.5. The van der Waals surface area contributed by atoms with Crippen molar-refractivity contribution < 1.29 is 13.9 Å². The van der Waals surface area contributed by atoms with Gasteiger partial charge in [0.25, 0.3) is 0 Å². The average Bonchev–Trinajstić information content (AvgIpc) is 3.28. The number of hydrogen-bond acceptors (Lipinski definition) is 7. The predicted octanol–water partition coefficient (Wildman–Crippen LogP) is 4.09. The van der Waals surface area contributed by atoms with Crippen LogP contribution in [0, 0.1) is 0 Å². The second-order valence-corrected chi connectivity index (χ2v) is 6.96. The minimum absolute atomic E-state index is 0.243. The molecule has 0 aliphatic rings. The molecule has 0 aliphatic carbocycles. The summed E-state index contributed by atoms with van der Waals surface area (Å²) in [6.07, 6.45) is 3.44. The third kappa shape index (κ3) is 3.38. The molecule has 4 aromatic rings. The Balaban J connectivity index is 1.64. The number of pyridine rings is 1. The molecule has 28 heavy (non-hydrogen) atoms. The van der Waals surface area contributed by atoms with E-state index in [-0.39, 0.29) is 5.76 Å². The summed E-state index contributed by atoms with van der Waals surface area (Å²) >= 11 is 1.49. The molecule has 0 aliphatic heterocycles. The van der Waals surface area contributed by atoms with Crippen molar-refractivity contribution in [2.45, 2.75) is 17.8 Å². The van der Waals surface area contributed by atoms with Gasteiger partial charge >= 0.3 is 5.97 Å². The Hall–Kier alpha value is -3.13. The van der Waals surface area contributed by atoms with Gasteiger partial charge in [-0.2, -0.15) is 0 Å². The largest absolute Gasteiger partial charge is 0.460 e. The number of ether oxygens (including phenoxy) is 1. The Kier molecular flexibility index (Phi) is 5.12. The molecule has 0 radical (unpaired) electrons. The first-order chi connectivity index (χ1) is 13.7. The Morgan fingerprint density at radius 3 is 2.75 bits per heavy atom. The van der Waals surface area contributed by atoms with Gasteiger partial charge in [0.2, 0.25) is 5.76 Å². The number of para-hydroxylation sites is 1. The maximum atomic E-state index is 12.3. The van der Waals surface area contributed by atoms with Crippen molar-refractivity contribution in [3.05, 3.63) is 60.1 Å². The molecule has 7 nitrogen and oxygen atoms in total. The fourth-order valence-electron chi connectivity index (χ4n) is 2.93. The highest BCUT2D eigenvalue weighted by Crippen LogP contribution is 2.32. The van der Waals surface area contributed by atoms with Crippen molar-refractivity contribution in [2.75, 3.05) is 6.61 Å². The highest BCUT2D eigenvalue weighted by Gasteiger charge is 2.22. The molecule has 0 spiro atoms. The molecule has 142 valence electrons. The van der Waals surface area contributed by atoms with Crippen LogP contribution >= 0.6 is 11.8 Å². The number of carbonyl (C=O) groups excluding carboxylic acids is 1. The van der Waals surface area contributed by atoms with Crippen molar-refractivity contribution >= 4 is 28.7 Å². The standard InChI is InChI=1S/C20H18N4O3S/c1-3-26-19(25)17-15(14-6-4-5-7-16(14)27-17)12-28-20-23-22-18(24(20)2)13-8-10-21-11-9-13/h4-11H,3,12H2,1-2H3. The number of hydrogen-bond donors (Lipinski definition) is 0. The van der Waals surface area contributed by atoms with E-state index in [0.29, 0.717) is 17.9 Å². The lowest BCUT2D eigenvalue weighted by atomic mass is 10.1. The molecule has 3 aromatic heterocycles. The third-order valence-electron chi connectivity index (χ3n) is 4.28. The molecule has 3 heterocycles. The normalized spacial score (nSPS) is 11.1. The molecule has 1 aromatic carbocycles. The fourth-order valence-corrected chi connectivity index (χ4v) is 3.87. The van der Waals surface area contributed by atoms with Crippen molar-refractivity contribution in [3.8, 4) is 11.4 Å². The second-order valence-electron chi connectivity index (χ2n) is 6.02. The Bertz CT molecular complexity index is 1120. The maximum Gasteiger partial charge on any atom is 0.374 e. The average molecular weight is 394 g/mol. The van der Waals surface area contributed by atoms with Crippen LogP contribution < -0.4 is 0 Å². The van der Waals surface area contributed by atoms with Crippen molar-refractivity contribution in [1.29, 1.82) is 0 Å². The van der Waals surface area contributed by atoms with Crippen LogP contribution in [0.2, 0.25) is 0 Å². The van der Waals surface area contributed by atoms with E-state index in [1.807, 2.05) is 48.0 Å². The molecule has 0 unspecified atom stereocenters. The molecule has 0 saturated carbocycles. The van der Waals surface area contributed by atoms with Crippen LogP contribution in [0.15, 0.2) is 58.4 Å². The van der Waals surface area contributed by atoms with Crippen LogP contribution in [0.1, 0.15) is 23.0 Å². The summed E-state index contributed by atoms with van der Waals surface area (Å²) in [7, 11) is 1.91. The van der Waals surface area contributed by atoms with Gasteiger partial charge in [-0.15, -0.1) is 10.2 Å². The van der Waals surface area contributed by atoms with Gasteiger partial charge in [-0.3, -0.25) is 4.98 Å². The molecule has 8 heteroatoms. The lowest BCUT2D eigenvalue weighted by molar-refractivity contribution is 0.0491. The summed E-state index contributed by atoms with van der Waals surface area (Å²) in [5.41, 5.74) is 2.40. The number of nitrogens with zero attached hydrogens (tertiary/aromatic N) is 4. The van der Waals surface area contributed by atoms with Crippen molar-refractivity contribution in [1.82, 2.24) is 19.7 Å². The van der Waals surface area contributed by atoms with Gasteiger partial charge < -0.3 is 13.7 Å². The van der Waals surface area contributed by atoms with E-state index in [9.17, 15) is 4.79 Å². The smallest absolute Gasteiger partial charge is 0.374 e. The zero-order valence-corrected chi connectivity index (χ0v) is 16.3. The summed E-state index contributed by atoms with van der Waals surface area (Å²) in [5, 5.41) is 10.2. The van der Waals surface area contributed by atoms with Gasteiger partial charge in [0.1, 0.15) is 5.58 Å². The lowest BCUT2D eigenvalue weighted by Crippen LogP contribution is -2.06. The van der Waals surface area contributed by atoms with Gasteiger partial charge in [0, 0.05) is 41.7 Å². The summed E-state index contributed by atoms with van der Waals surface area (Å²) in [6.45, 7) is 2.07. The van der Waals surface area contributed by atoms with E-state index in [4.69, 9.17) is 9.15 Å². The quantitative estimate of drug-likeness (QED) is 0.360. The molecule has 0 bridgehead atoms. The first-order valence-electron chi connectivity index (χ1n) is 8.79. The van der Waals surface area contributed by atoms with Crippen LogP contribution in [0.25, 0.3) is 22.4 Å². The third-order valence-corrected chi connectivity index (χ3v) is 5.32. The molecule has 4 rings (SSSR count). The second kappa shape index (κ2) is 7.85. The summed E-state index contributed by atoms with van der Waals surface area (Å²) in [4.78, 5) is 16.4. The van der Waals surface area contributed by atoms with Gasteiger partial charge in [-0.05, 0) is 25.1 Å². The summed E-state index contributed by atoms with van der Waals surface area (Å²) in [6, 6.07) is 11.4. The van der Waals surface area contributed by atoms with Crippen LogP contribution in [0.4, 0.5) is 0 Å². The minimum Gasteiger partial charge on any atom is -0.460 e. The molecule has 0 fully saturated rings. The molecule has 0 amide bonds. The van der Waals surface area contributed by atoms with Gasteiger partial charge in [-0.25, -0.2) is 4.79 Å². The van der Waals surface area contributed by atoms with E-state index in [1.54, 1.807) is 19.3 Å². The number of fused-ring (bicyclic) bond motifs is 1. The SMILES string of the molecule is CCOC(=O)c1oc2ccccc2c1CSc1nnc(-c2ccncc2)n1C. The van der Waals surface area contributed by atoms with E-state index in [1.165, 1.54) is 11.8 Å². The number of esters is 1. The van der Waals surface area contributed by atoms with Crippen LogP contribution in [0.3, 0.4) is 0 Å². The van der Waals surface area contributed by atoms with E-state index < -0.39 is 5.97 Å². The molecular formula is C20H18N4O3S. The first-order valence-corrected chi connectivity index (χ1v) is 9.77. The summed E-state index contributed by atoms with van der Waals surface area (Å²) < 4.78 is 12.8. The van der Waals surface area contributed by atoms with Gasteiger partial charge in [0.15, 0.2) is 11.0 Å². The topological polar surface area (TPSA) is 83.0 Å². The van der Waals surface area contributed by atoms with Crippen LogP contribution in [-0.2, 0) is 17.5 Å². The van der Waals surface area contributed by atoms with E-state index >= 15 is 0 Å². The van der Waals surface area contributed by atoms with Crippen molar-refractivity contribution in [3.63, 3.8) is 0 Å².